The number of benzene rings is 1. The van der Waals surface area contributed by atoms with Crippen LogP contribution in [-0.2, 0) is 4.79 Å². The van der Waals surface area contributed by atoms with Crippen LogP contribution in [0.2, 0.25) is 0 Å². The summed E-state index contributed by atoms with van der Waals surface area (Å²) in [5.41, 5.74) is 2.37. The lowest BCUT2D eigenvalue weighted by Gasteiger charge is -2.05. The van der Waals surface area contributed by atoms with Crippen LogP contribution < -0.4 is 4.74 Å². The van der Waals surface area contributed by atoms with Crippen molar-refractivity contribution in [2.75, 3.05) is 6.61 Å². The lowest BCUT2D eigenvalue weighted by molar-refractivity contribution is -0.131. The fourth-order valence-corrected chi connectivity index (χ4v) is 1.10. The van der Waals surface area contributed by atoms with Crippen LogP contribution in [-0.4, -0.2) is 17.7 Å². The zero-order valence-electron chi connectivity index (χ0n) is 8.86. The number of hydrogen-bond acceptors (Lipinski definition) is 2. The molecule has 1 N–H and O–H groups in total. The summed E-state index contributed by atoms with van der Waals surface area (Å²) >= 11 is 0. The minimum absolute atomic E-state index is 0.273. The van der Waals surface area contributed by atoms with Gasteiger partial charge in [0, 0.05) is 6.08 Å². The molecule has 0 amide bonds. The maximum absolute atomic E-state index is 10.2. The van der Waals surface area contributed by atoms with Gasteiger partial charge in [-0.05, 0) is 43.2 Å². The summed E-state index contributed by atoms with van der Waals surface area (Å²) in [7, 11) is 0. The van der Waals surface area contributed by atoms with E-state index in [1.165, 1.54) is 11.6 Å². The van der Waals surface area contributed by atoms with Gasteiger partial charge < -0.3 is 9.84 Å². The SMILES string of the molecule is Cc1ccc(OCC=CC(=O)O)cc1C. The number of carboxylic acid groups (broad SMARTS) is 1. The highest BCUT2D eigenvalue weighted by Gasteiger charge is 1.95. The van der Waals surface area contributed by atoms with Gasteiger partial charge in [0.25, 0.3) is 0 Å². The Kier molecular flexibility index (Phi) is 3.92. The predicted molar refractivity (Wildman–Crippen MR) is 58.2 cm³/mol. The van der Waals surface area contributed by atoms with E-state index in [1.54, 1.807) is 0 Å². The summed E-state index contributed by atoms with van der Waals surface area (Å²) in [6.07, 6.45) is 2.54. The molecule has 0 unspecified atom stereocenters. The largest absolute Gasteiger partial charge is 0.490 e. The molecule has 0 saturated carbocycles. The third kappa shape index (κ3) is 3.85. The molecule has 15 heavy (non-hydrogen) atoms. The molecule has 0 heterocycles. The molecule has 3 heteroatoms. The van der Waals surface area contributed by atoms with Gasteiger partial charge in [0.15, 0.2) is 0 Å². The molecule has 0 fully saturated rings. The molecule has 0 radical (unpaired) electrons. The Bertz CT molecular complexity index is 380. The van der Waals surface area contributed by atoms with Gasteiger partial charge in [-0.15, -0.1) is 0 Å². The standard InChI is InChI=1S/C12H14O3/c1-9-5-6-11(8-10(9)2)15-7-3-4-12(13)14/h3-6,8H,7H2,1-2H3,(H,13,14). The molecule has 1 rings (SSSR count). The van der Waals surface area contributed by atoms with Crippen LogP contribution in [0.25, 0.3) is 0 Å². The smallest absolute Gasteiger partial charge is 0.328 e. The topological polar surface area (TPSA) is 46.5 Å². The van der Waals surface area contributed by atoms with Crippen molar-refractivity contribution < 1.29 is 14.6 Å². The van der Waals surface area contributed by atoms with E-state index in [0.717, 1.165) is 17.4 Å². The van der Waals surface area contributed by atoms with Crippen molar-refractivity contribution >= 4 is 5.97 Å². The van der Waals surface area contributed by atoms with Crippen LogP contribution in [0.5, 0.6) is 5.75 Å². The van der Waals surface area contributed by atoms with Crippen molar-refractivity contribution in [3.8, 4) is 5.75 Å². The van der Waals surface area contributed by atoms with E-state index in [1.807, 2.05) is 32.0 Å². The Morgan fingerprint density at radius 1 is 1.40 bits per heavy atom. The van der Waals surface area contributed by atoms with Gasteiger partial charge in [-0.25, -0.2) is 4.79 Å². The van der Waals surface area contributed by atoms with E-state index in [4.69, 9.17) is 9.84 Å². The molecule has 0 bridgehead atoms. The first-order valence-corrected chi connectivity index (χ1v) is 4.69. The summed E-state index contributed by atoms with van der Waals surface area (Å²) in [5.74, 6) is -0.202. The number of rotatable bonds is 4. The fourth-order valence-electron chi connectivity index (χ4n) is 1.10. The van der Waals surface area contributed by atoms with Crippen LogP contribution >= 0.6 is 0 Å². The molecule has 1 aromatic rings. The van der Waals surface area contributed by atoms with Gasteiger partial charge in [-0.1, -0.05) is 6.07 Å². The van der Waals surface area contributed by atoms with E-state index in [9.17, 15) is 4.79 Å². The molecular weight excluding hydrogens is 192 g/mol. The van der Waals surface area contributed by atoms with Crippen molar-refractivity contribution in [1.82, 2.24) is 0 Å². The Hall–Kier alpha value is -1.77. The lowest BCUT2D eigenvalue weighted by Crippen LogP contribution is -1.96. The Morgan fingerprint density at radius 3 is 2.73 bits per heavy atom. The summed E-state index contributed by atoms with van der Waals surface area (Å²) < 4.78 is 5.34. The Morgan fingerprint density at radius 2 is 2.13 bits per heavy atom. The van der Waals surface area contributed by atoms with Crippen molar-refractivity contribution in [2.24, 2.45) is 0 Å². The maximum Gasteiger partial charge on any atom is 0.328 e. The molecule has 0 aromatic heterocycles. The van der Waals surface area contributed by atoms with Crippen molar-refractivity contribution in [2.45, 2.75) is 13.8 Å². The number of hydrogen-bond donors (Lipinski definition) is 1. The zero-order valence-corrected chi connectivity index (χ0v) is 8.86. The molecule has 0 saturated heterocycles. The Labute approximate surface area is 89.0 Å². The first-order chi connectivity index (χ1) is 7.09. The quantitative estimate of drug-likeness (QED) is 0.769. The highest BCUT2D eigenvalue weighted by molar-refractivity contribution is 5.79. The van der Waals surface area contributed by atoms with Crippen LogP contribution in [0.1, 0.15) is 11.1 Å². The monoisotopic (exact) mass is 206 g/mol. The predicted octanol–water partition coefficient (Wildman–Crippen LogP) is 2.32. The summed E-state index contributed by atoms with van der Waals surface area (Å²) in [6, 6.07) is 5.78. The average Bonchev–Trinajstić information content (AvgIpc) is 2.18. The molecule has 0 aliphatic carbocycles. The van der Waals surface area contributed by atoms with Gasteiger partial charge in [0.05, 0.1) is 0 Å². The van der Waals surface area contributed by atoms with E-state index in [2.05, 4.69) is 0 Å². The fraction of sp³-hybridized carbons (Fsp3) is 0.250. The van der Waals surface area contributed by atoms with Gasteiger partial charge >= 0.3 is 5.97 Å². The third-order valence-electron chi connectivity index (χ3n) is 2.09. The molecule has 3 nitrogen and oxygen atoms in total. The van der Waals surface area contributed by atoms with E-state index >= 15 is 0 Å². The van der Waals surface area contributed by atoms with Crippen molar-refractivity contribution in [3.63, 3.8) is 0 Å². The van der Waals surface area contributed by atoms with Gasteiger partial charge in [-0.2, -0.15) is 0 Å². The number of ether oxygens (including phenoxy) is 1. The maximum atomic E-state index is 10.2. The summed E-state index contributed by atoms with van der Waals surface area (Å²) in [4.78, 5) is 10.2. The minimum atomic E-state index is -0.960. The molecule has 0 aliphatic heterocycles. The van der Waals surface area contributed by atoms with Gasteiger partial charge in [0.2, 0.25) is 0 Å². The normalized spacial score (nSPS) is 10.5. The van der Waals surface area contributed by atoms with E-state index in [-0.39, 0.29) is 6.61 Å². The highest BCUT2D eigenvalue weighted by Crippen LogP contribution is 2.16. The number of aliphatic carboxylic acids is 1. The van der Waals surface area contributed by atoms with Gasteiger partial charge in [0.1, 0.15) is 12.4 Å². The molecule has 1 aromatic carbocycles. The second kappa shape index (κ2) is 5.20. The number of aryl methyl sites for hydroxylation is 2. The molecule has 80 valence electrons. The molecule has 0 atom stereocenters. The molecule has 0 spiro atoms. The van der Waals surface area contributed by atoms with Crippen molar-refractivity contribution in [3.05, 3.63) is 41.5 Å². The average molecular weight is 206 g/mol. The van der Waals surface area contributed by atoms with E-state index in [0.29, 0.717) is 0 Å². The van der Waals surface area contributed by atoms with Crippen molar-refractivity contribution in [1.29, 1.82) is 0 Å². The summed E-state index contributed by atoms with van der Waals surface area (Å²) in [6.45, 7) is 4.31. The number of carbonyl (C=O) groups is 1. The Balaban J connectivity index is 2.51. The van der Waals surface area contributed by atoms with Crippen LogP contribution in [0, 0.1) is 13.8 Å². The van der Waals surface area contributed by atoms with Crippen LogP contribution in [0.3, 0.4) is 0 Å². The third-order valence-corrected chi connectivity index (χ3v) is 2.09. The van der Waals surface area contributed by atoms with Crippen LogP contribution in [0.4, 0.5) is 0 Å². The zero-order chi connectivity index (χ0) is 11.3. The minimum Gasteiger partial charge on any atom is -0.490 e. The van der Waals surface area contributed by atoms with E-state index < -0.39 is 5.97 Å². The second-order valence-electron chi connectivity index (χ2n) is 3.30. The second-order valence-corrected chi connectivity index (χ2v) is 3.30. The highest BCUT2D eigenvalue weighted by atomic mass is 16.5. The first-order valence-electron chi connectivity index (χ1n) is 4.69. The lowest BCUT2D eigenvalue weighted by atomic mass is 10.1. The number of carboxylic acids is 1. The molecular formula is C12H14O3. The first kappa shape index (κ1) is 11.3. The molecule has 0 aliphatic rings. The van der Waals surface area contributed by atoms with Gasteiger partial charge in [-0.3, -0.25) is 0 Å². The summed E-state index contributed by atoms with van der Waals surface area (Å²) in [5, 5.41) is 8.35. The van der Waals surface area contributed by atoms with Crippen LogP contribution in [0.15, 0.2) is 30.4 Å².